The number of primary sulfonamides is 1. The molecule has 2 N–H and O–H groups in total. The van der Waals surface area contributed by atoms with Crippen LogP contribution in [0.25, 0.3) is 0 Å². The molecule has 7 nitrogen and oxygen atoms in total. The van der Waals surface area contributed by atoms with Gasteiger partial charge < -0.3 is 4.90 Å². The Labute approximate surface area is 141 Å². The zero-order valence-corrected chi connectivity index (χ0v) is 14.2. The fourth-order valence-corrected chi connectivity index (χ4v) is 3.73. The number of hydrogen-bond acceptors (Lipinski definition) is 5. The molecule has 0 radical (unpaired) electrons. The van der Waals surface area contributed by atoms with Gasteiger partial charge in [-0.2, -0.15) is 10.4 Å². The molecule has 2 heterocycles. The van der Waals surface area contributed by atoms with Gasteiger partial charge in [0.1, 0.15) is 6.07 Å². The number of anilines is 1. The molecule has 1 unspecified atom stereocenters. The van der Waals surface area contributed by atoms with Gasteiger partial charge in [0.2, 0.25) is 10.0 Å². The topological polar surface area (TPSA) is 105 Å². The van der Waals surface area contributed by atoms with E-state index in [1.54, 1.807) is 10.7 Å². The van der Waals surface area contributed by atoms with Crippen molar-refractivity contribution >= 4 is 15.7 Å². The zero-order chi connectivity index (χ0) is 17.3. The van der Waals surface area contributed by atoms with Crippen LogP contribution in [0.3, 0.4) is 0 Å². The Morgan fingerprint density at radius 3 is 2.88 bits per heavy atom. The van der Waals surface area contributed by atoms with Gasteiger partial charge in [-0.05, 0) is 42.5 Å². The van der Waals surface area contributed by atoms with Crippen molar-refractivity contribution in [2.24, 2.45) is 18.1 Å². The van der Waals surface area contributed by atoms with Gasteiger partial charge in [0.05, 0.1) is 22.3 Å². The van der Waals surface area contributed by atoms with E-state index in [4.69, 9.17) is 5.14 Å². The van der Waals surface area contributed by atoms with Crippen molar-refractivity contribution in [1.82, 2.24) is 9.78 Å². The van der Waals surface area contributed by atoms with E-state index in [1.165, 1.54) is 17.7 Å². The molecule has 0 amide bonds. The van der Waals surface area contributed by atoms with Crippen LogP contribution in [-0.4, -0.2) is 31.3 Å². The molecule has 0 aliphatic carbocycles. The van der Waals surface area contributed by atoms with Gasteiger partial charge >= 0.3 is 0 Å². The van der Waals surface area contributed by atoms with E-state index in [-0.39, 0.29) is 4.90 Å². The van der Waals surface area contributed by atoms with Gasteiger partial charge in [-0.25, -0.2) is 13.6 Å². The van der Waals surface area contributed by atoms with E-state index in [9.17, 15) is 13.7 Å². The molecule has 1 aromatic carbocycles. The third-order valence-corrected chi connectivity index (χ3v) is 5.24. The first-order chi connectivity index (χ1) is 11.4. The summed E-state index contributed by atoms with van der Waals surface area (Å²) in [7, 11) is -1.90. The lowest BCUT2D eigenvalue weighted by Gasteiger charge is -2.20. The number of nitrogens with zero attached hydrogens (tertiary/aromatic N) is 4. The maximum atomic E-state index is 11.4. The molecule has 0 saturated carbocycles. The molecular weight excluding hydrogens is 326 g/mol. The molecule has 2 aromatic rings. The van der Waals surface area contributed by atoms with Gasteiger partial charge in [0.15, 0.2) is 0 Å². The number of sulfonamides is 1. The highest BCUT2D eigenvalue weighted by Gasteiger charge is 2.25. The predicted octanol–water partition coefficient (Wildman–Crippen LogP) is 1.01. The monoisotopic (exact) mass is 345 g/mol. The summed E-state index contributed by atoms with van der Waals surface area (Å²) in [6, 6.07) is 6.55. The summed E-state index contributed by atoms with van der Waals surface area (Å²) >= 11 is 0. The summed E-state index contributed by atoms with van der Waals surface area (Å²) in [5.74, 6) is 0.485. The Kier molecular flexibility index (Phi) is 4.30. The first-order valence-corrected chi connectivity index (χ1v) is 9.21. The average molecular weight is 345 g/mol. The second-order valence-corrected chi connectivity index (χ2v) is 7.72. The van der Waals surface area contributed by atoms with Crippen LogP contribution in [0.2, 0.25) is 0 Å². The number of hydrogen-bond donors (Lipinski definition) is 1. The molecule has 1 aliphatic heterocycles. The van der Waals surface area contributed by atoms with Crippen molar-refractivity contribution < 1.29 is 8.42 Å². The summed E-state index contributed by atoms with van der Waals surface area (Å²) in [4.78, 5) is 2.10. The smallest absolute Gasteiger partial charge is 0.238 e. The fourth-order valence-electron chi connectivity index (χ4n) is 3.19. The number of aryl methyl sites for hydroxylation is 1. The number of nitriles is 1. The lowest BCUT2D eigenvalue weighted by molar-refractivity contribution is 0.586. The van der Waals surface area contributed by atoms with Crippen molar-refractivity contribution in [1.29, 1.82) is 5.26 Å². The second kappa shape index (κ2) is 6.26. The van der Waals surface area contributed by atoms with Gasteiger partial charge in [-0.3, -0.25) is 4.68 Å². The van der Waals surface area contributed by atoms with Crippen molar-refractivity contribution in [3.63, 3.8) is 0 Å². The van der Waals surface area contributed by atoms with Crippen LogP contribution in [0.1, 0.15) is 17.5 Å². The minimum absolute atomic E-state index is 0.0334. The first kappa shape index (κ1) is 16.5. The van der Waals surface area contributed by atoms with Gasteiger partial charge in [0.25, 0.3) is 0 Å². The Bertz CT molecular complexity index is 897. The number of nitrogens with two attached hydrogens (primary N) is 1. The number of aromatic nitrogens is 2. The molecular formula is C16H19N5O2S. The minimum Gasteiger partial charge on any atom is -0.370 e. The fraction of sp³-hybridized carbons (Fsp3) is 0.375. The Balaban J connectivity index is 1.77. The first-order valence-electron chi connectivity index (χ1n) is 7.66. The highest BCUT2D eigenvalue weighted by atomic mass is 32.2. The van der Waals surface area contributed by atoms with E-state index in [0.717, 1.165) is 31.6 Å². The molecule has 0 bridgehead atoms. The minimum atomic E-state index is -3.80. The SMILES string of the molecule is Cn1cc(CC2CCN(c3ccc(S(N)(=O)=O)cc3C#N)C2)cn1. The molecule has 3 rings (SSSR count). The van der Waals surface area contributed by atoms with Gasteiger partial charge in [0, 0.05) is 26.3 Å². The maximum Gasteiger partial charge on any atom is 0.238 e. The van der Waals surface area contributed by atoms with Crippen LogP contribution >= 0.6 is 0 Å². The van der Waals surface area contributed by atoms with E-state index >= 15 is 0 Å². The maximum absolute atomic E-state index is 11.4. The molecule has 8 heteroatoms. The van der Waals surface area contributed by atoms with Crippen molar-refractivity contribution in [2.75, 3.05) is 18.0 Å². The molecule has 24 heavy (non-hydrogen) atoms. The van der Waals surface area contributed by atoms with Crippen molar-refractivity contribution in [3.05, 3.63) is 41.7 Å². The zero-order valence-electron chi connectivity index (χ0n) is 13.4. The quantitative estimate of drug-likeness (QED) is 0.890. The molecule has 0 spiro atoms. The Morgan fingerprint density at radius 2 is 2.25 bits per heavy atom. The molecule has 1 aliphatic rings. The lowest BCUT2D eigenvalue weighted by Crippen LogP contribution is -2.21. The van der Waals surface area contributed by atoms with Crippen molar-refractivity contribution in [3.8, 4) is 6.07 Å². The summed E-state index contributed by atoms with van der Waals surface area (Å²) < 4.78 is 24.7. The summed E-state index contributed by atoms with van der Waals surface area (Å²) in [6.45, 7) is 1.67. The third-order valence-electron chi connectivity index (χ3n) is 4.33. The van der Waals surface area contributed by atoms with E-state index < -0.39 is 10.0 Å². The molecule has 126 valence electrons. The molecule has 1 fully saturated rings. The largest absolute Gasteiger partial charge is 0.370 e. The van der Waals surface area contributed by atoms with Crippen molar-refractivity contribution in [2.45, 2.75) is 17.7 Å². The van der Waals surface area contributed by atoms with Gasteiger partial charge in [-0.1, -0.05) is 0 Å². The standard InChI is InChI=1S/C16H19N5O2S/c1-20-10-13(9-19-20)6-12-4-5-21(11-12)16-3-2-15(24(18,22)23)7-14(16)8-17/h2-3,7,9-10,12H,4-6,11H2,1H3,(H2,18,22,23). The van der Waals surface area contributed by atoms with E-state index in [0.29, 0.717) is 11.5 Å². The van der Waals surface area contributed by atoms with Crippen LogP contribution in [0.4, 0.5) is 5.69 Å². The van der Waals surface area contributed by atoms with E-state index in [2.05, 4.69) is 16.1 Å². The second-order valence-electron chi connectivity index (χ2n) is 6.16. The molecule has 1 atom stereocenters. The lowest BCUT2D eigenvalue weighted by atomic mass is 10.0. The van der Waals surface area contributed by atoms with E-state index in [1.807, 2.05) is 19.4 Å². The van der Waals surface area contributed by atoms with Crippen LogP contribution < -0.4 is 10.0 Å². The highest BCUT2D eigenvalue weighted by Crippen LogP contribution is 2.29. The summed E-state index contributed by atoms with van der Waals surface area (Å²) in [5, 5.41) is 18.7. The third kappa shape index (κ3) is 3.42. The van der Waals surface area contributed by atoms with Crippen LogP contribution in [0, 0.1) is 17.2 Å². The Morgan fingerprint density at radius 1 is 1.46 bits per heavy atom. The summed E-state index contributed by atoms with van der Waals surface area (Å²) in [5.41, 5.74) is 2.30. The van der Waals surface area contributed by atoms with Crippen LogP contribution in [-0.2, 0) is 23.5 Å². The number of rotatable bonds is 4. The average Bonchev–Trinajstić information content (AvgIpc) is 3.15. The molecule has 1 aromatic heterocycles. The normalized spacial score (nSPS) is 17.9. The Hall–Kier alpha value is -2.37. The van der Waals surface area contributed by atoms with Crippen LogP contribution in [0.5, 0.6) is 0 Å². The predicted molar refractivity (Wildman–Crippen MR) is 89.8 cm³/mol. The van der Waals surface area contributed by atoms with Gasteiger partial charge in [-0.15, -0.1) is 0 Å². The highest BCUT2D eigenvalue weighted by molar-refractivity contribution is 7.89. The van der Waals surface area contributed by atoms with Crippen LogP contribution in [0.15, 0.2) is 35.5 Å². The number of benzene rings is 1. The summed E-state index contributed by atoms with van der Waals surface area (Å²) in [6.07, 6.45) is 5.87. The molecule has 1 saturated heterocycles.